The van der Waals surface area contributed by atoms with E-state index in [0.717, 1.165) is 16.7 Å². The lowest BCUT2D eigenvalue weighted by Crippen LogP contribution is -2.32. The highest BCUT2D eigenvalue weighted by atomic mass is 16.6. The van der Waals surface area contributed by atoms with Crippen LogP contribution in [0.3, 0.4) is 0 Å². The third-order valence-corrected chi connectivity index (χ3v) is 4.12. The molecular weight excluding hydrogens is 336 g/mol. The Morgan fingerprint density at radius 1 is 1.31 bits per heavy atom. The van der Waals surface area contributed by atoms with Gasteiger partial charge < -0.3 is 19.6 Å². The Kier molecular flexibility index (Phi) is 4.32. The summed E-state index contributed by atoms with van der Waals surface area (Å²) < 4.78 is 13.0. The van der Waals surface area contributed by atoms with Gasteiger partial charge in [-0.1, -0.05) is 24.3 Å². The maximum atomic E-state index is 10.8. The summed E-state index contributed by atoms with van der Waals surface area (Å²) in [4.78, 5) is 18.2. The smallest absolute Gasteiger partial charge is 0.414 e. The van der Waals surface area contributed by atoms with Crippen molar-refractivity contribution in [2.75, 3.05) is 6.61 Å². The average molecular weight is 352 g/mol. The van der Waals surface area contributed by atoms with Gasteiger partial charge in [-0.05, 0) is 33.7 Å². The number of rotatable bonds is 5. The van der Waals surface area contributed by atoms with E-state index in [0.29, 0.717) is 19.8 Å². The third-order valence-electron chi connectivity index (χ3n) is 4.12. The average Bonchev–Trinajstić information content (AvgIpc) is 3.11. The number of fused-ring (bicyclic) bond motifs is 1. The maximum absolute atomic E-state index is 10.8. The summed E-state index contributed by atoms with van der Waals surface area (Å²) in [5.41, 5.74) is 3.16. The lowest BCUT2D eigenvalue weighted by Gasteiger charge is -2.22. The highest BCUT2D eigenvalue weighted by Gasteiger charge is 2.28. The minimum absolute atomic E-state index is 0.196. The van der Waals surface area contributed by atoms with Crippen LogP contribution in [0.4, 0.5) is 5.82 Å². The number of pyridine rings is 1. The van der Waals surface area contributed by atoms with E-state index in [1.807, 2.05) is 36.5 Å². The van der Waals surface area contributed by atoms with Gasteiger partial charge in [-0.3, -0.25) is 9.55 Å². The Labute approximate surface area is 149 Å². The van der Waals surface area contributed by atoms with Gasteiger partial charge in [0.1, 0.15) is 18.9 Å². The van der Waals surface area contributed by atoms with Crippen LogP contribution in [0.2, 0.25) is 0 Å². The first-order valence-electron chi connectivity index (χ1n) is 8.14. The van der Waals surface area contributed by atoms with Crippen LogP contribution in [0.15, 0.2) is 55.0 Å². The fourth-order valence-corrected chi connectivity index (χ4v) is 2.85. The van der Waals surface area contributed by atoms with Crippen LogP contribution in [-0.2, 0) is 17.9 Å². The number of nitrogens with zero attached hydrogens (tertiary/aromatic N) is 4. The zero-order chi connectivity index (χ0) is 17.9. The van der Waals surface area contributed by atoms with E-state index in [-0.39, 0.29) is 17.9 Å². The van der Waals surface area contributed by atoms with Crippen LogP contribution < -0.4 is 4.74 Å². The molecule has 0 bridgehead atoms. The zero-order valence-corrected chi connectivity index (χ0v) is 13.8. The number of aromatic nitrogens is 3. The van der Waals surface area contributed by atoms with Crippen LogP contribution in [0.1, 0.15) is 5.56 Å². The molecule has 8 nitrogen and oxygen atoms in total. The van der Waals surface area contributed by atoms with Gasteiger partial charge in [-0.2, -0.15) is 0 Å². The zero-order valence-electron chi connectivity index (χ0n) is 13.8. The molecular formula is C18H16N4O4. The number of ether oxygens (including phenoxy) is 2. The molecule has 0 aliphatic carbocycles. The first-order valence-corrected chi connectivity index (χ1v) is 8.14. The van der Waals surface area contributed by atoms with E-state index in [1.165, 1.54) is 6.20 Å². The number of nitro groups is 1. The Morgan fingerprint density at radius 2 is 2.19 bits per heavy atom. The first kappa shape index (κ1) is 16.2. The summed E-state index contributed by atoms with van der Waals surface area (Å²) in [5, 5.41) is 10.8. The van der Waals surface area contributed by atoms with E-state index in [4.69, 9.17) is 9.47 Å². The second-order valence-electron chi connectivity index (χ2n) is 5.98. The van der Waals surface area contributed by atoms with Gasteiger partial charge in [0.05, 0.1) is 13.2 Å². The molecule has 1 aliphatic heterocycles. The molecule has 0 N–H and O–H groups in total. The van der Waals surface area contributed by atoms with Crippen LogP contribution in [0.5, 0.6) is 6.01 Å². The van der Waals surface area contributed by atoms with Crippen LogP contribution >= 0.6 is 0 Å². The SMILES string of the molecule is O=[N+]([O-])c1cn2c(n1)OC[C@@H](OCc1cccc(-c3cccnc3)c1)C2. The fourth-order valence-electron chi connectivity index (χ4n) is 2.85. The summed E-state index contributed by atoms with van der Waals surface area (Å²) in [7, 11) is 0. The fraction of sp³-hybridized carbons (Fsp3) is 0.222. The van der Waals surface area contributed by atoms with Crippen molar-refractivity contribution in [2.24, 2.45) is 0 Å². The molecule has 2 aromatic heterocycles. The summed E-state index contributed by atoms with van der Waals surface area (Å²) in [6.45, 7) is 1.21. The molecule has 0 spiro atoms. The van der Waals surface area contributed by atoms with Crippen LogP contribution in [-0.4, -0.2) is 32.2 Å². The van der Waals surface area contributed by atoms with Gasteiger partial charge in [0.2, 0.25) is 0 Å². The van der Waals surface area contributed by atoms with Crippen LogP contribution in [0, 0.1) is 10.1 Å². The molecule has 3 heterocycles. The van der Waals surface area contributed by atoms with Gasteiger partial charge >= 0.3 is 11.8 Å². The van der Waals surface area contributed by atoms with E-state index >= 15 is 0 Å². The minimum atomic E-state index is -0.533. The van der Waals surface area contributed by atoms with E-state index in [9.17, 15) is 10.1 Å². The third kappa shape index (κ3) is 3.40. The highest BCUT2D eigenvalue weighted by Crippen LogP contribution is 2.24. The Bertz CT molecular complexity index is 926. The molecule has 26 heavy (non-hydrogen) atoms. The Morgan fingerprint density at radius 3 is 3.00 bits per heavy atom. The van der Waals surface area contributed by atoms with E-state index in [1.54, 1.807) is 10.8 Å². The molecule has 0 unspecified atom stereocenters. The molecule has 1 atom stereocenters. The molecule has 1 aromatic carbocycles. The molecule has 0 saturated carbocycles. The summed E-state index contributed by atoms with van der Waals surface area (Å²) in [6.07, 6.45) is 4.74. The predicted molar refractivity (Wildman–Crippen MR) is 92.6 cm³/mol. The minimum Gasteiger partial charge on any atom is -0.443 e. The van der Waals surface area contributed by atoms with Crippen molar-refractivity contribution in [1.82, 2.24) is 14.5 Å². The highest BCUT2D eigenvalue weighted by molar-refractivity contribution is 5.62. The second-order valence-corrected chi connectivity index (χ2v) is 5.98. The molecule has 0 amide bonds. The molecule has 3 aromatic rings. The molecule has 0 saturated heterocycles. The number of benzene rings is 1. The van der Waals surface area contributed by atoms with Gasteiger partial charge in [-0.15, -0.1) is 0 Å². The molecule has 132 valence electrons. The topological polar surface area (TPSA) is 92.3 Å². The molecule has 0 radical (unpaired) electrons. The van der Waals surface area contributed by atoms with Crippen molar-refractivity contribution in [1.29, 1.82) is 0 Å². The largest absolute Gasteiger partial charge is 0.443 e. The van der Waals surface area contributed by atoms with E-state index in [2.05, 4.69) is 16.0 Å². The predicted octanol–water partition coefficient (Wildman–Crippen LogP) is 2.83. The number of hydrogen-bond acceptors (Lipinski definition) is 6. The van der Waals surface area contributed by atoms with E-state index < -0.39 is 4.92 Å². The van der Waals surface area contributed by atoms with Crippen molar-refractivity contribution in [3.05, 3.63) is 70.7 Å². The molecule has 8 heteroatoms. The second kappa shape index (κ2) is 6.93. The van der Waals surface area contributed by atoms with Crippen LogP contribution in [0.25, 0.3) is 11.1 Å². The normalized spacial score (nSPS) is 15.9. The van der Waals surface area contributed by atoms with Gasteiger partial charge in [-0.25, -0.2) is 0 Å². The molecule has 0 fully saturated rings. The van der Waals surface area contributed by atoms with Crippen molar-refractivity contribution in [3.8, 4) is 17.1 Å². The number of hydrogen-bond donors (Lipinski definition) is 0. The maximum Gasteiger partial charge on any atom is 0.414 e. The van der Waals surface area contributed by atoms with Crippen molar-refractivity contribution in [2.45, 2.75) is 19.3 Å². The monoisotopic (exact) mass is 352 g/mol. The van der Waals surface area contributed by atoms with Gasteiger partial charge in [0, 0.05) is 17.4 Å². The quantitative estimate of drug-likeness (QED) is 0.518. The Hall–Kier alpha value is -3.26. The van der Waals surface area contributed by atoms with Crippen molar-refractivity contribution >= 4 is 5.82 Å². The lowest BCUT2D eigenvalue weighted by molar-refractivity contribution is -0.389. The molecule has 1 aliphatic rings. The standard InChI is InChI=1S/C18H16N4O4/c23-22(24)17-10-21-9-16(12-26-18(21)20-17)25-11-13-3-1-4-14(7-13)15-5-2-6-19-8-15/h1-8,10,16H,9,11-12H2/t16-/m0/s1. The van der Waals surface area contributed by atoms with Crippen molar-refractivity contribution in [3.63, 3.8) is 0 Å². The number of imidazole rings is 1. The summed E-state index contributed by atoms with van der Waals surface area (Å²) >= 11 is 0. The summed E-state index contributed by atoms with van der Waals surface area (Å²) in [5.74, 6) is -0.218. The lowest BCUT2D eigenvalue weighted by atomic mass is 10.1. The van der Waals surface area contributed by atoms with Crippen molar-refractivity contribution < 1.29 is 14.4 Å². The summed E-state index contributed by atoms with van der Waals surface area (Å²) in [6, 6.07) is 12.2. The Balaban J connectivity index is 1.41. The van der Waals surface area contributed by atoms with Gasteiger partial charge in [0.15, 0.2) is 0 Å². The molecule has 4 rings (SSSR count). The first-order chi connectivity index (χ1) is 12.7. The van der Waals surface area contributed by atoms with Gasteiger partial charge in [0.25, 0.3) is 0 Å².